The average molecular weight is 423 g/mol. The van der Waals surface area contributed by atoms with E-state index in [4.69, 9.17) is 4.74 Å². The lowest BCUT2D eigenvalue weighted by molar-refractivity contribution is -0.274. The number of hydrogen-bond acceptors (Lipinski definition) is 5. The van der Waals surface area contributed by atoms with Gasteiger partial charge in [0.2, 0.25) is 5.91 Å². The standard InChI is InChI=1S/C20H20F3N3O4/c1-24-19(28)17-11-26(14-7-3-5-9-16(14)29-17)12-18(27)25-10-13-6-2-4-8-15(13)30-20(21,22)23/h2-9,17H,10-12H2,1H3,(H,24,28)(H,25,27). The maximum Gasteiger partial charge on any atom is 0.573 e. The molecule has 1 heterocycles. The number of benzene rings is 2. The van der Waals surface area contributed by atoms with Crippen LogP contribution >= 0.6 is 0 Å². The van der Waals surface area contributed by atoms with Crippen LogP contribution in [0.25, 0.3) is 0 Å². The monoisotopic (exact) mass is 423 g/mol. The lowest BCUT2D eigenvalue weighted by atomic mass is 10.1. The first-order chi connectivity index (χ1) is 14.3. The van der Waals surface area contributed by atoms with E-state index in [9.17, 15) is 22.8 Å². The molecule has 2 aromatic rings. The number of rotatable bonds is 6. The predicted octanol–water partition coefficient (Wildman–Crippen LogP) is 2.21. The van der Waals surface area contributed by atoms with Crippen LogP contribution in [0.3, 0.4) is 0 Å². The van der Waals surface area contributed by atoms with E-state index in [1.807, 2.05) is 0 Å². The molecule has 0 aromatic heterocycles. The van der Waals surface area contributed by atoms with Gasteiger partial charge in [0.1, 0.15) is 11.5 Å². The van der Waals surface area contributed by atoms with E-state index in [2.05, 4.69) is 15.4 Å². The highest BCUT2D eigenvalue weighted by atomic mass is 19.4. The first kappa shape index (κ1) is 21.3. The van der Waals surface area contributed by atoms with Crippen LogP contribution in [-0.2, 0) is 16.1 Å². The molecule has 30 heavy (non-hydrogen) atoms. The lowest BCUT2D eigenvalue weighted by Crippen LogP contribution is -2.50. The summed E-state index contributed by atoms with van der Waals surface area (Å²) >= 11 is 0. The van der Waals surface area contributed by atoms with E-state index < -0.39 is 18.4 Å². The fraction of sp³-hybridized carbons (Fsp3) is 0.300. The molecule has 1 atom stereocenters. The fourth-order valence-electron chi connectivity index (χ4n) is 3.05. The number of para-hydroxylation sites is 3. The molecule has 2 N–H and O–H groups in total. The summed E-state index contributed by atoms with van der Waals surface area (Å²) in [5, 5.41) is 5.11. The topological polar surface area (TPSA) is 79.9 Å². The Morgan fingerprint density at radius 2 is 1.87 bits per heavy atom. The zero-order chi connectivity index (χ0) is 21.7. The van der Waals surface area contributed by atoms with E-state index in [-0.39, 0.29) is 36.9 Å². The Kier molecular flexibility index (Phi) is 6.34. The second-order valence-electron chi connectivity index (χ2n) is 6.50. The third kappa shape index (κ3) is 5.34. The normalized spacial score (nSPS) is 15.6. The highest BCUT2D eigenvalue weighted by molar-refractivity contribution is 5.86. The first-order valence-electron chi connectivity index (χ1n) is 9.09. The van der Waals surface area contributed by atoms with Crippen molar-refractivity contribution in [3.63, 3.8) is 0 Å². The number of nitrogens with zero attached hydrogens (tertiary/aromatic N) is 1. The molecule has 7 nitrogen and oxygen atoms in total. The van der Waals surface area contributed by atoms with Crippen molar-refractivity contribution in [1.29, 1.82) is 0 Å². The Morgan fingerprint density at radius 3 is 2.60 bits per heavy atom. The molecule has 2 amide bonds. The van der Waals surface area contributed by atoms with Crippen molar-refractivity contribution >= 4 is 17.5 Å². The highest BCUT2D eigenvalue weighted by Gasteiger charge is 2.32. The summed E-state index contributed by atoms with van der Waals surface area (Å²) in [6.07, 6.45) is -5.62. The van der Waals surface area contributed by atoms with Crippen molar-refractivity contribution in [3.8, 4) is 11.5 Å². The van der Waals surface area contributed by atoms with Crippen molar-refractivity contribution in [1.82, 2.24) is 10.6 Å². The van der Waals surface area contributed by atoms with Gasteiger partial charge in [-0.25, -0.2) is 0 Å². The second-order valence-corrected chi connectivity index (χ2v) is 6.50. The number of amides is 2. The zero-order valence-corrected chi connectivity index (χ0v) is 16.0. The molecule has 3 rings (SSSR count). The number of fused-ring (bicyclic) bond motifs is 1. The van der Waals surface area contributed by atoms with Crippen LogP contribution in [0.5, 0.6) is 11.5 Å². The minimum Gasteiger partial charge on any atom is -0.477 e. The van der Waals surface area contributed by atoms with E-state index in [1.165, 1.54) is 25.2 Å². The maximum atomic E-state index is 12.5. The van der Waals surface area contributed by atoms with Crippen LogP contribution in [0.2, 0.25) is 0 Å². The third-order valence-corrected chi connectivity index (χ3v) is 4.41. The molecule has 0 fully saturated rings. The molecule has 10 heteroatoms. The molecule has 0 bridgehead atoms. The largest absolute Gasteiger partial charge is 0.573 e. The molecule has 0 radical (unpaired) electrons. The van der Waals surface area contributed by atoms with Gasteiger partial charge >= 0.3 is 6.36 Å². The molecular formula is C20H20F3N3O4. The summed E-state index contributed by atoms with van der Waals surface area (Å²) in [6.45, 7) is -0.0933. The van der Waals surface area contributed by atoms with Crippen LogP contribution in [0, 0.1) is 0 Å². The summed E-state index contributed by atoms with van der Waals surface area (Å²) in [6, 6.07) is 12.6. The summed E-state index contributed by atoms with van der Waals surface area (Å²) < 4.78 is 47.3. The van der Waals surface area contributed by atoms with Crippen molar-refractivity contribution in [2.45, 2.75) is 19.0 Å². The minimum atomic E-state index is -4.83. The number of alkyl halides is 3. The number of anilines is 1. The highest BCUT2D eigenvalue weighted by Crippen LogP contribution is 2.33. The van der Waals surface area contributed by atoms with Crippen LogP contribution in [-0.4, -0.2) is 44.4 Å². The predicted molar refractivity (Wildman–Crippen MR) is 102 cm³/mol. The molecule has 2 aromatic carbocycles. The molecule has 1 aliphatic heterocycles. The van der Waals surface area contributed by atoms with Crippen molar-refractivity contribution in [3.05, 3.63) is 54.1 Å². The number of halogens is 3. The Bertz CT molecular complexity index is 920. The first-order valence-corrected chi connectivity index (χ1v) is 9.09. The fourth-order valence-corrected chi connectivity index (χ4v) is 3.05. The molecule has 1 aliphatic rings. The molecule has 0 saturated heterocycles. The summed E-state index contributed by atoms with van der Waals surface area (Å²) in [5.74, 6) is -0.659. The number of carbonyl (C=O) groups excluding carboxylic acids is 2. The maximum absolute atomic E-state index is 12.5. The van der Waals surface area contributed by atoms with Gasteiger partial charge < -0.3 is 25.0 Å². The van der Waals surface area contributed by atoms with Gasteiger partial charge in [0.05, 0.1) is 18.8 Å². The molecule has 0 spiro atoms. The Hall–Kier alpha value is -3.43. The van der Waals surface area contributed by atoms with Gasteiger partial charge in [0, 0.05) is 19.2 Å². The quantitative estimate of drug-likeness (QED) is 0.745. The SMILES string of the molecule is CNC(=O)C1CN(CC(=O)NCc2ccccc2OC(F)(F)F)c2ccccc2O1. The summed E-state index contributed by atoms with van der Waals surface area (Å²) in [5.41, 5.74) is 0.836. The molecule has 0 saturated carbocycles. The van der Waals surface area contributed by atoms with Crippen molar-refractivity contribution in [2.24, 2.45) is 0 Å². The van der Waals surface area contributed by atoms with Gasteiger partial charge in [-0.15, -0.1) is 13.2 Å². The van der Waals surface area contributed by atoms with E-state index in [0.29, 0.717) is 11.4 Å². The smallest absolute Gasteiger partial charge is 0.477 e. The summed E-state index contributed by atoms with van der Waals surface area (Å²) in [7, 11) is 1.49. The number of ether oxygens (including phenoxy) is 2. The van der Waals surface area contributed by atoms with Crippen LogP contribution in [0.4, 0.5) is 18.9 Å². The van der Waals surface area contributed by atoms with Crippen LogP contribution < -0.4 is 25.0 Å². The number of likely N-dealkylation sites (N-methyl/N-ethyl adjacent to an activating group) is 1. The van der Waals surface area contributed by atoms with Gasteiger partial charge in [0.15, 0.2) is 6.10 Å². The zero-order valence-electron chi connectivity index (χ0n) is 16.0. The average Bonchev–Trinajstić information content (AvgIpc) is 2.71. The van der Waals surface area contributed by atoms with Gasteiger partial charge in [-0.1, -0.05) is 30.3 Å². The second kappa shape index (κ2) is 8.93. The van der Waals surface area contributed by atoms with Crippen molar-refractivity contribution < 1.29 is 32.2 Å². The molecule has 0 aliphatic carbocycles. The number of carbonyl (C=O) groups is 2. The Labute approximate surface area is 170 Å². The van der Waals surface area contributed by atoms with Gasteiger partial charge in [-0.3, -0.25) is 9.59 Å². The molecular weight excluding hydrogens is 403 g/mol. The van der Waals surface area contributed by atoms with E-state index >= 15 is 0 Å². The molecule has 160 valence electrons. The third-order valence-electron chi connectivity index (χ3n) is 4.41. The lowest BCUT2D eigenvalue weighted by Gasteiger charge is -2.35. The van der Waals surface area contributed by atoms with Gasteiger partial charge in [-0.2, -0.15) is 0 Å². The van der Waals surface area contributed by atoms with Crippen LogP contribution in [0.15, 0.2) is 48.5 Å². The van der Waals surface area contributed by atoms with Crippen molar-refractivity contribution in [2.75, 3.05) is 25.0 Å². The van der Waals surface area contributed by atoms with Gasteiger partial charge in [-0.05, 0) is 18.2 Å². The molecule has 1 unspecified atom stereocenters. The number of nitrogens with one attached hydrogen (secondary N) is 2. The minimum absolute atomic E-state index is 0.101. The summed E-state index contributed by atoms with van der Waals surface area (Å²) in [4.78, 5) is 26.2. The van der Waals surface area contributed by atoms with E-state index in [1.54, 1.807) is 35.2 Å². The Morgan fingerprint density at radius 1 is 1.17 bits per heavy atom. The van der Waals surface area contributed by atoms with Gasteiger partial charge in [0.25, 0.3) is 5.91 Å². The number of hydrogen-bond donors (Lipinski definition) is 2. The Balaban J connectivity index is 1.67. The van der Waals surface area contributed by atoms with E-state index in [0.717, 1.165) is 0 Å². The van der Waals surface area contributed by atoms with Crippen LogP contribution in [0.1, 0.15) is 5.56 Å².